The molecule has 0 aliphatic heterocycles. The summed E-state index contributed by atoms with van der Waals surface area (Å²) in [5.74, 6) is 0. The Kier molecular flexibility index (Phi) is 3.21. The molecule has 0 atom stereocenters. The minimum atomic E-state index is 0.788. The van der Waals surface area contributed by atoms with Crippen molar-refractivity contribution >= 4 is 37.9 Å². The molecule has 0 unspecified atom stereocenters. The first-order valence-electron chi connectivity index (χ1n) is 6.77. The minimum Gasteiger partial charge on any atom is -0.305 e. The molecule has 0 aliphatic rings. The van der Waals surface area contributed by atoms with Crippen LogP contribution in [-0.4, -0.2) is 14.4 Å². The van der Waals surface area contributed by atoms with Crippen molar-refractivity contribution in [1.29, 1.82) is 0 Å². The van der Waals surface area contributed by atoms with Crippen molar-refractivity contribution in [3.8, 4) is 0 Å². The van der Waals surface area contributed by atoms with Gasteiger partial charge < -0.3 is 5.32 Å². The highest BCUT2D eigenvalue weighted by molar-refractivity contribution is 7.18. The SMILES string of the molecule is Cc1nc2sccn2c1CNCc1nc2ccccc2s1. The fourth-order valence-electron chi connectivity index (χ4n) is 2.44. The molecule has 106 valence electrons. The van der Waals surface area contributed by atoms with Crippen LogP contribution in [0.3, 0.4) is 0 Å². The number of rotatable bonds is 4. The van der Waals surface area contributed by atoms with Gasteiger partial charge in [0.2, 0.25) is 0 Å². The van der Waals surface area contributed by atoms with Gasteiger partial charge in [-0.05, 0) is 19.1 Å². The van der Waals surface area contributed by atoms with Crippen molar-refractivity contribution in [3.63, 3.8) is 0 Å². The Balaban J connectivity index is 1.49. The van der Waals surface area contributed by atoms with Crippen LogP contribution < -0.4 is 5.32 Å². The number of nitrogens with one attached hydrogen (secondary N) is 1. The summed E-state index contributed by atoms with van der Waals surface area (Å²) in [4.78, 5) is 10.3. The molecule has 3 heterocycles. The zero-order valence-electron chi connectivity index (χ0n) is 11.5. The molecule has 6 heteroatoms. The van der Waals surface area contributed by atoms with Gasteiger partial charge in [-0.1, -0.05) is 12.1 Å². The average Bonchev–Trinajstić information content (AvgIpc) is 3.14. The van der Waals surface area contributed by atoms with Crippen molar-refractivity contribution in [2.24, 2.45) is 0 Å². The van der Waals surface area contributed by atoms with Crippen molar-refractivity contribution in [2.75, 3.05) is 0 Å². The van der Waals surface area contributed by atoms with Crippen molar-refractivity contribution < 1.29 is 0 Å². The number of hydrogen-bond acceptors (Lipinski definition) is 5. The summed E-state index contributed by atoms with van der Waals surface area (Å²) in [5.41, 5.74) is 3.41. The highest BCUT2D eigenvalue weighted by Gasteiger charge is 2.09. The van der Waals surface area contributed by atoms with Gasteiger partial charge in [-0.15, -0.1) is 22.7 Å². The molecule has 4 aromatic rings. The number of nitrogens with zero attached hydrogens (tertiary/aromatic N) is 3. The van der Waals surface area contributed by atoms with Crippen molar-refractivity contribution in [1.82, 2.24) is 19.7 Å². The molecule has 0 saturated heterocycles. The van der Waals surface area contributed by atoms with E-state index in [4.69, 9.17) is 0 Å². The predicted molar refractivity (Wildman–Crippen MR) is 88.0 cm³/mol. The average molecular weight is 314 g/mol. The molecule has 0 fully saturated rings. The third-order valence-electron chi connectivity index (χ3n) is 3.47. The second-order valence-electron chi connectivity index (χ2n) is 4.88. The first kappa shape index (κ1) is 12.9. The van der Waals surface area contributed by atoms with Gasteiger partial charge in [0, 0.05) is 24.7 Å². The number of benzene rings is 1. The lowest BCUT2D eigenvalue weighted by Crippen LogP contribution is -2.14. The first-order valence-corrected chi connectivity index (χ1v) is 8.47. The molecule has 0 radical (unpaired) electrons. The number of aryl methyl sites for hydroxylation is 1. The summed E-state index contributed by atoms with van der Waals surface area (Å²) in [5, 5.41) is 6.67. The summed E-state index contributed by atoms with van der Waals surface area (Å²) in [7, 11) is 0. The number of para-hydroxylation sites is 1. The maximum Gasteiger partial charge on any atom is 0.194 e. The highest BCUT2D eigenvalue weighted by atomic mass is 32.1. The van der Waals surface area contributed by atoms with E-state index in [9.17, 15) is 0 Å². The van der Waals surface area contributed by atoms with Crippen LogP contribution in [0, 0.1) is 6.92 Å². The Bertz CT molecular complexity index is 870. The minimum absolute atomic E-state index is 0.788. The molecular weight excluding hydrogens is 300 g/mol. The van der Waals surface area contributed by atoms with Gasteiger partial charge in [-0.25, -0.2) is 9.97 Å². The van der Waals surface area contributed by atoms with E-state index in [2.05, 4.69) is 56.4 Å². The Morgan fingerprint density at radius 1 is 1.19 bits per heavy atom. The summed E-state index contributed by atoms with van der Waals surface area (Å²) in [6.07, 6.45) is 2.08. The van der Waals surface area contributed by atoms with E-state index in [0.29, 0.717) is 0 Å². The number of hydrogen-bond donors (Lipinski definition) is 1. The largest absolute Gasteiger partial charge is 0.305 e. The zero-order valence-corrected chi connectivity index (χ0v) is 13.2. The van der Waals surface area contributed by atoms with E-state index < -0.39 is 0 Å². The summed E-state index contributed by atoms with van der Waals surface area (Å²) < 4.78 is 3.40. The summed E-state index contributed by atoms with van der Waals surface area (Å²) in [6.45, 7) is 3.66. The molecule has 21 heavy (non-hydrogen) atoms. The normalized spacial score (nSPS) is 11.7. The van der Waals surface area contributed by atoms with Crippen LogP contribution in [0.2, 0.25) is 0 Å². The third-order valence-corrected chi connectivity index (χ3v) is 5.26. The molecule has 4 rings (SSSR count). The van der Waals surface area contributed by atoms with E-state index in [0.717, 1.165) is 34.3 Å². The molecule has 0 bridgehead atoms. The van der Waals surface area contributed by atoms with Gasteiger partial charge in [0.05, 0.1) is 21.6 Å². The van der Waals surface area contributed by atoms with Gasteiger partial charge in [-0.3, -0.25) is 4.40 Å². The van der Waals surface area contributed by atoms with Gasteiger partial charge in [0.1, 0.15) is 5.01 Å². The van der Waals surface area contributed by atoms with Crippen LogP contribution in [0.15, 0.2) is 35.8 Å². The Morgan fingerprint density at radius 3 is 3.00 bits per heavy atom. The van der Waals surface area contributed by atoms with E-state index in [1.165, 1.54) is 10.4 Å². The molecule has 0 amide bonds. The Morgan fingerprint density at radius 2 is 2.10 bits per heavy atom. The highest BCUT2D eigenvalue weighted by Crippen LogP contribution is 2.21. The lowest BCUT2D eigenvalue weighted by molar-refractivity contribution is 0.671. The van der Waals surface area contributed by atoms with Crippen LogP contribution in [0.4, 0.5) is 0 Å². The van der Waals surface area contributed by atoms with Crippen molar-refractivity contribution in [3.05, 3.63) is 52.2 Å². The molecule has 0 spiro atoms. The number of imidazole rings is 1. The van der Waals surface area contributed by atoms with Crippen LogP contribution in [-0.2, 0) is 13.1 Å². The standard InChI is InChI=1S/C15H14N4S2/c1-10-12(19-6-7-20-15(19)17-10)8-16-9-14-18-11-4-2-3-5-13(11)21-14/h2-7,16H,8-9H2,1H3. The molecule has 1 N–H and O–H groups in total. The molecular formula is C15H14N4S2. The van der Waals surface area contributed by atoms with Gasteiger partial charge in [-0.2, -0.15) is 0 Å². The first-order chi connectivity index (χ1) is 10.3. The monoisotopic (exact) mass is 314 g/mol. The molecule has 4 nitrogen and oxygen atoms in total. The lowest BCUT2D eigenvalue weighted by Gasteiger charge is -2.02. The summed E-state index contributed by atoms with van der Waals surface area (Å²) in [6, 6.07) is 8.26. The van der Waals surface area contributed by atoms with E-state index in [1.54, 1.807) is 22.7 Å². The number of fused-ring (bicyclic) bond motifs is 2. The zero-order chi connectivity index (χ0) is 14.2. The summed E-state index contributed by atoms with van der Waals surface area (Å²) >= 11 is 3.42. The van der Waals surface area contributed by atoms with Crippen LogP contribution in [0.1, 0.15) is 16.4 Å². The maximum atomic E-state index is 4.64. The van der Waals surface area contributed by atoms with Crippen LogP contribution in [0.25, 0.3) is 15.2 Å². The van der Waals surface area contributed by atoms with Crippen molar-refractivity contribution in [2.45, 2.75) is 20.0 Å². The topological polar surface area (TPSA) is 42.2 Å². The van der Waals surface area contributed by atoms with Gasteiger partial charge in [0.15, 0.2) is 4.96 Å². The molecule has 1 aromatic carbocycles. The van der Waals surface area contributed by atoms with E-state index in [-0.39, 0.29) is 0 Å². The fraction of sp³-hybridized carbons (Fsp3) is 0.200. The smallest absolute Gasteiger partial charge is 0.194 e. The number of aromatic nitrogens is 3. The van der Waals surface area contributed by atoms with Crippen LogP contribution in [0.5, 0.6) is 0 Å². The number of thiazole rings is 2. The third kappa shape index (κ3) is 2.35. The fourth-order valence-corrected chi connectivity index (χ4v) is 4.15. The van der Waals surface area contributed by atoms with Crippen LogP contribution >= 0.6 is 22.7 Å². The second kappa shape index (κ2) is 5.22. The predicted octanol–water partition coefficient (Wildman–Crippen LogP) is 3.60. The lowest BCUT2D eigenvalue weighted by atomic mass is 10.3. The van der Waals surface area contributed by atoms with Gasteiger partial charge in [0.25, 0.3) is 0 Å². The van der Waals surface area contributed by atoms with E-state index in [1.807, 2.05) is 6.07 Å². The molecule has 0 saturated carbocycles. The molecule has 3 aromatic heterocycles. The maximum absolute atomic E-state index is 4.64. The van der Waals surface area contributed by atoms with E-state index >= 15 is 0 Å². The molecule has 0 aliphatic carbocycles. The Labute approximate surface area is 130 Å². The quantitative estimate of drug-likeness (QED) is 0.626. The second-order valence-corrected chi connectivity index (χ2v) is 6.87. The van der Waals surface area contributed by atoms with Gasteiger partial charge >= 0.3 is 0 Å². The Hall–Kier alpha value is -1.76.